The van der Waals surface area contributed by atoms with Crippen molar-refractivity contribution in [3.05, 3.63) is 65.7 Å². The first-order valence-corrected chi connectivity index (χ1v) is 11.2. The van der Waals surface area contributed by atoms with E-state index in [1.54, 1.807) is 11.9 Å². The van der Waals surface area contributed by atoms with Crippen molar-refractivity contribution in [2.45, 2.75) is 32.5 Å². The number of amides is 1. The van der Waals surface area contributed by atoms with Crippen molar-refractivity contribution in [3.63, 3.8) is 0 Å². The molecule has 0 aromatic heterocycles. The zero-order chi connectivity index (χ0) is 22.5. The first-order valence-electron chi connectivity index (χ1n) is 11.2. The number of rotatable bonds is 7. The minimum atomic E-state index is -0.440. The van der Waals surface area contributed by atoms with Crippen molar-refractivity contribution >= 4 is 23.1 Å². The largest absolute Gasteiger partial charge is 0.347 e. The minimum absolute atomic E-state index is 0.00277. The van der Waals surface area contributed by atoms with E-state index in [1.807, 2.05) is 42.5 Å². The van der Waals surface area contributed by atoms with E-state index in [4.69, 9.17) is 0 Å². The maximum atomic E-state index is 12.8. The summed E-state index contributed by atoms with van der Waals surface area (Å²) >= 11 is 0. The van der Waals surface area contributed by atoms with E-state index in [0.717, 1.165) is 44.0 Å². The quantitative estimate of drug-likeness (QED) is 0.726. The number of carbonyl (C=O) groups is 2. The van der Waals surface area contributed by atoms with Crippen LogP contribution in [-0.4, -0.2) is 66.5 Å². The molecule has 0 saturated carbocycles. The highest BCUT2D eigenvalue weighted by Gasteiger charge is 2.34. The number of nitrogens with zero attached hydrogens (tertiary/aromatic N) is 4. The van der Waals surface area contributed by atoms with Crippen molar-refractivity contribution in [3.8, 4) is 0 Å². The van der Waals surface area contributed by atoms with Crippen LogP contribution in [0.3, 0.4) is 0 Å². The monoisotopic (exact) mass is 433 g/mol. The molecule has 7 nitrogen and oxygen atoms in total. The average Bonchev–Trinajstić information content (AvgIpc) is 3.26. The van der Waals surface area contributed by atoms with E-state index >= 15 is 0 Å². The Hall–Kier alpha value is -3.03. The molecule has 2 aromatic carbocycles. The lowest BCUT2D eigenvalue weighted by molar-refractivity contribution is -0.118. The second-order valence-electron chi connectivity index (χ2n) is 8.64. The van der Waals surface area contributed by atoms with E-state index < -0.39 is 6.04 Å². The van der Waals surface area contributed by atoms with Gasteiger partial charge in [0.25, 0.3) is 5.91 Å². The highest BCUT2D eigenvalue weighted by Crippen LogP contribution is 2.25. The molecule has 1 unspecified atom stereocenters. The molecular formula is C25H31N5O2. The SMILES string of the molecule is CC(=O)C1CC(C(=O)NCc2cccc(CN3CCN(C)CC3)c2)=NN1c1ccccc1. The van der Waals surface area contributed by atoms with Crippen LogP contribution in [0.25, 0.3) is 0 Å². The molecule has 1 amide bonds. The minimum Gasteiger partial charge on any atom is -0.347 e. The normalized spacial score (nSPS) is 19.6. The van der Waals surface area contributed by atoms with Crippen LogP contribution in [0.1, 0.15) is 24.5 Å². The Morgan fingerprint density at radius 1 is 1.00 bits per heavy atom. The molecule has 0 aliphatic carbocycles. The van der Waals surface area contributed by atoms with Gasteiger partial charge in [-0.2, -0.15) is 5.10 Å². The number of piperazine rings is 1. The number of likely N-dealkylation sites (N-methyl/N-ethyl adjacent to an activating group) is 1. The predicted octanol–water partition coefficient (Wildman–Crippen LogP) is 2.27. The third-order valence-corrected chi connectivity index (χ3v) is 6.11. The van der Waals surface area contributed by atoms with Crippen LogP contribution >= 0.6 is 0 Å². The van der Waals surface area contributed by atoms with Crippen molar-refractivity contribution < 1.29 is 9.59 Å². The molecule has 2 aliphatic rings. The Kier molecular flexibility index (Phi) is 6.97. The number of hydrogen-bond donors (Lipinski definition) is 1. The van der Waals surface area contributed by atoms with Gasteiger partial charge in [0.05, 0.1) is 5.69 Å². The van der Waals surface area contributed by atoms with Crippen LogP contribution in [0.2, 0.25) is 0 Å². The van der Waals surface area contributed by atoms with Gasteiger partial charge in [-0.05, 0) is 37.2 Å². The molecular weight excluding hydrogens is 402 g/mol. The molecule has 1 atom stereocenters. The van der Waals surface area contributed by atoms with Gasteiger partial charge in [0.1, 0.15) is 11.8 Å². The summed E-state index contributed by atoms with van der Waals surface area (Å²) in [4.78, 5) is 29.8. The number of ketones is 1. The van der Waals surface area contributed by atoms with E-state index in [1.165, 1.54) is 5.56 Å². The standard InChI is InChI=1S/C25H31N5O2/c1-19(31)24-16-23(27-30(24)22-9-4-3-5-10-22)25(32)26-17-20-7-6-8-21(15-20)18-29-13-11-28(2)12-14-29/h3-10,15,24H,11-14,16-18H2,1-2H3,(H,26,32). The lowest BCUT2D eigenvalue weighted by Gasteiger charge is -2.32. The van der Waals surface area contributed by atoms with Gasteiger partial charge >= 0.3 is 0 Å². The van der Waals surface area contributed by atoms with Crippen molar-refractivity contribution in [2.75, 3.05) is 38.2 Å². The Labute approximate surface area is 189 Å². The maximum absolute atomic E-state index is 12.8. The van der Waals surface area contributed by atoms with Gasteiger partial charge < -0.3 is 10.2 Å². The molecule has 32 heavy (non-hydrogen) atoms. The molecule has 1 saturated heterocycles. The third kappa shape index (κ3) is 5.41. The zero-order valence-corrected chi connectivity index (χ0v) is 18.8. The molecule has 168 valence electrons. The molecule has 2 heterocycles. The maximum Gasteiger partial charge on any atom is 0.267 e. The fraction of sp³-hybridized carbons (Fsp3) is 0.400. The van der Waals surface area contributed by atoms with E-state index in [0.29, 0.717) is 18.7 Å². The molecule has 0 spiro atoms. The molecule has 7 heteroatoms. The number of hydrazone groups is 1. The second-order valence-corrected chi connectivity index (χ2v) is 8.64. The van der Waals surface area contributed by atoms with Gasteiger partial charge in [0.2, 0.25) is 0 Å². The summed E-state index contributed by atoms with van der Waals surface area (Å²) in [6.45, 7) is 7.25. The third-order valence-electron chi connectivity index (χ3n) is 6.11. The van der Waals surface area contributed by atoms with Gasteiger partial charge in [-0.15, -0.1) is 0 Å². The number of hydrogen-bond acceptors (Lipinski definition) is 6. The molecule has 2 aliphatic heterocycles. The number of para-hydroxylation sites is 1. The first-order chi connectivity index (χ1) is 15.5. The molecule has 1 fully saturated rings. The zero-order valence-electron chi connectivity index (χ0n) is 18.8. The first kappa shape index (κ1) is 22.2. The number of anilines is 1. The topological polar surface area (TPSA) is 68.2 Å². The second kappa shape index (κ2) is 10.1. The highest BCUT2D eigenvalue weighted by molar-refractivity contribution is 6.40. The molecule has 1 N–H and O–H groups in total. The van der Waals surface area contributed by atoms with Crippen molar-refractivity contribution in [2.24, 2.45) is 5.10 Å². The Morgan fingerprint density at radius 3 is 2.44 bits per heavy atom. The highest BCUT2D eigenvalue weighted by atomic mass is 16.2. The summed E-state index contributed by atoms with van der Waals surface area (Å²) in [5.41, 5.74) is 3.52. The van der Waals surface area contributed by atoms with E-state index in [-0.39, 0.29) is 11.7 Å². The number of carbonyl (C=O) groups excluding carboxylic acids is 2. The summed E-state index contributed by atoms with van der Waals surface area (Å²) in [6, 6.07) is 17.4. The lowest BCUT2D eigenvalue weighted by Crippen LogP contribution is -2.43. The van der Waals surface area contributed by atoms with Crippen molar-refractivity contribution in [1.29, 1.82) is 0 Å². The molecule has 0 bridgehead atoms. The van der Waals surface area contributed by atoms with Crippen LogP contribution in [0, 0.1) is 0 Å². The predicted molar refractivity (Wildman–Crippen MR) is 127 cm³/mol. The average molecular weight is 434 g/mol. The van der Waals surface area contributed by atoms with E-state index in [2.05, 4.69) is 39.4 Å². The fourth-order valence-corrected chi connectivity index (χ4v) is 4.17. The van der Waals surface area contributed by atoms with Gasteiger partial charge in [0.15, 0.2) is 5.78 Å². The summed E-state index contributed by atoms with van der Waals surface area (Å²) in [6.07, 6.45) is 0.319. The Bertz CT molecular complexity index is 983. The fourth-order valence-electron chi connectivity index (χ4n) is 4.17. The Morgan fingerprint density at radius 2 is 1.72 bits per heavy atom. The van der Waals surface area contributed by atoms with Gasteiger partial charge in [-0.1, -0.05) is 42.5 Å². The molecule has 4 rings (SSSR count). The van der Waals surface area contributed by atoms with Crippen LogP contribution in [0.4, 0.5) is 5.69 Å². The molecule has 0 radical (unpaired) electrons. The Balaban J connectivity index is 1.37. The van der Waals surface area contributed by atoms with Crippen molar-refractivity contribution in [1.82, 2.24) is 15.1 Å². The van der Waals surface area contributed by atoms with Gasteiger partial charge in [-0.3, -0.25) is 19.5 Å². The summed E-state index contributed by atoms with van der Waals surface area (Å²) in [5, 5.41) is 9.12. The number of nitrogens with one attached hydrogen (secondary N) is 1. The lowest BCUT2D eigenvalue weighted by atomic mass is 10.1. The summed E-state index contributed by atoms with van der Waals surface area (Å²) < 4.78 is 0. The van der Waals surface area contributed by atoms with Crippen LogP contribution in [0.15, 0.2) is 59.7 Å². The van der Waals surface area contributed by atoms with E-state index in [9.17, 15) is 9.59 Å². The summed E-state index contributed by atoms with van der Waals surface area (Å²) in [5.74, 6) is -0.226. The smallest absolute Gasteiger partial charge is 0.267 e. The van der Waals surface area contributed by atoms with Gasteiger partial charge in [0, 0.05) is 45.7 Å². The van der Waals surface area contributed by atoms with Crippen LogP contribution in [-0.2, 0) is 22.7 Å². The number of benzene rings is 2. The van der Waals surface area contributed by atoms with Gasteiger partial charge in [-0.25, -0.2) is 0 Å². The summed E-state index contributed by atoms with van der Waals surface area (Å²) in [7, 11) is 2.16. The van der Waals surface area contributed by atoms with Crippen LogP contribution in [0.5, 0.6) is 0 Å². The van der Waals surface area contributed by atoms with Crippen LogP contribution < -0.4 is 10.3 Å². The number of Topliss-reactive ketones (excluding diaryl/α,β-unsaturated/α-hetero) is 1. The molecule has 2 aromatic rings.